The van der Waals surface area contributed by atoms with Crippen LogP contribution >= 0.6 is 23.5 Å². The molecule has 0 aliphatic heterocycles. The van der Waals surface area contributed by atoms with Gasteiger partial charge in [-0.25, -0.2) is 0 Å². The zero-order valence-corrected chi connectivity index (χ0v) is 21.3. The molecule has 0 heterocycles. The van der Waals surface area contributed by atoms with Crippen molar-refractivity contribution in [1.29, 1.82) is 0 Å². The van der Waals surface area contributed by atoms with E-state index in [0.29, 0.717) is 0 Å². The van der Waals surface area contributed by atoms with E-state index in [1.165, 1.54) is 0 Å². The van der Waals surface area contributed by atoms with Crippen LogP contribution in [0.5, 0.6) is 0 Å². The molecule has 3 aromatic carbocycles. The molecule has 3 rings (SSSR count). The van der Waals surface area contributed by atoms with Gasteiger partial charge in [-0.3, -0.25) is 0 Å². The summed E-state index contributed by atoms with van der Waals surface area (Å²) in [4.78, 5) is 0. The molecule has 0 aliphatic carbocycles. The first-order valence-electron chi connectivity index (χ1n) is 11.6. The number of benzene rings is 3. The van der Waals surface area contributed by atoms with E-state index in [1.54, 1.807) is 23.5 Å². The van der Waals surface area contributed by atoms with Crippen LogP contribution in [0.2, 0.25) is 0 Å². The average Bonchev–Trinajstić information content (AvgIpc) is 2.90. The van der Waals surface area contributed by atoms with Gasteiger partial charge in [0.05, 0.1) is 11.2 Å². The van der Waals surface area contributed by atoms with Crippen LogP contribution in [0.1, 0.15) is 30.5 Å². The van der Waals surface area contributed by atoms with Crippen LogP contribution < -0.4 is 0 Å². The number of rotatable bonds is 13. The van der Waals surface area contributed by atoms with Crippen LogP contribution in [0.3, 0.4) is 0 Å². The molecule has 0 radical (unpaired) electrons. The maximum atomic E-state index is 10.9. The fourth-order valence-corrected chi connectivity index (χ4v) is 6.61. The molecule has 3 atom stereocenters. The van der Waals surface area contributed by atoms with Crippen LogP contribution in [0.4, 0.5) is 0 Å². The van der Waals surface area contributed by atoms with Gasteiger partial charge in [-0.05, 0) is 28.2 Å². The molecule has 3 N–H and O–H groups in total. The quantitative estimate of drug-likeness (QED) is 0.230. The molecule has 3 aromatic rings. The van der Waals surface area contributed by atoms with Crippen molar-refractivity contribution in [2.45, 2.75) is 42.3 Å². The first-order chi connectivity index (χ1) is 16.5. The van der Waals surface area contributed by atoms with Gasteiger partial charge in [0.15, 0.2) is 0 Å². The number of aliphatic hydroxyl groups excluding tert-OH is 3. The summed E-state index contributed by atoms with van der Waals surface area (Å²) in [5.74, 6) is 1.63. The number of ether oxygens (including phenoxy) is 1. The van der Waals surface area contributed by atoms with E-state index in [-0.39, 0.29) is 11.2 Å². The van der Waals surface area contributed by atoms with Gasteiger partial charge in [0.1, 0.15) is 23.9 Å². The van der Waals surface area contributed by atoms with E-state index in [9.17, 15) is 15.3 Å². The molecule has 6 heteroatoms. The molecule has 4 nitrogen and oxygen atoms in total. The van der Waals surface area contributed by atoms with E-state index in [4.69, 9.17) is 4.74 Å². The zero-order valence-electron chi connectivity index (χ0n) is 19.7. The standard InChI is InChI=1S/C28H34O4S2/c1-3-33-27(34-4-2)26(31)25(30)24(29)20-32-28(21-14-8-5-9-15-21,22-16-10-6-11-17-22)23-18-12-7-13-19-23/h5-19,24-27,29-31H,3-4,20H2,1-2H3/t24-,25-,26-/m1/s1. The fraction of sp³-hybridized carbons (Fsp3) is 0.357. The first-order valence-corrected chi connectivity index (χ1v) is 13.7. The summed E-state index contributed by atoms with van der Waals surface area (Å²) in [5, 5.41) is 32.5. The van der Waals surface area contributed by atoms with Gasteiger partial charge in [0.25, 0.3) is 0 Å². The molecule has 182 valence electrons. The Morgan fingerprint density at radius 1 is 0.647 bits per heavy atom. The fourth-order valence-electron chi connectivity index (χ4n) is 4.04. The second-order valence-electron chi connectivity index (χ2n) is 7.92. The van der Waals surface area contributed by atoms with Crippen molar-refractivity contribution >= 4 is 23.5 Å². The van der Waals surface area contributed by atoms with Gasteiger partial charge in [0.2, 0.25) is 0 Å². The lowest BCUT2D eigenvalue weighted by molar-refractivity contribution is -0.107. The molecule has 0 fully saturated rings. The minimum absolute atomic E-state index is 0.156. The average molecular weight is 499 g/mol. The Balaban J connectivity index is 1.95. The summed E-state index contributed by atoms with van der Waals surface area (Å²) in [5.41, 5.74) is 1.74. The van der Waals surface area contributed by atoms with E-state index in [2.05, 4.69) is 0 Å². The molecular formula is C28H34O4S2. The van der Waals surface area contributed by atoms with Crippen molar-refractivity contribution in [1.82, 2.24) is 0 Å². The lowest BCUT2D eigenvalue weighted by Gasteiger charge is -2.37. The van der Waals surface area contributed by atoms with Crippen molar-refractivity contribution in [3.8, 4) is 0 Å². The highest BCUT2D eigenvalue weighted by atomic mass is 32.2. The first kappa shape index (κ1) is 26.8. The van der Waals surface area contributed by atoms with Gasteiger partial charge in [-0.15, -0.1) is 23.5 Å². The van der Waals surface area contributed by atoms with E-state index >= 15 is 0 Å². The maximum absolute atomic E-state index is 10.9. The second-order valence-corrected chi connectivity index (χ2v) is 11.1. The van der Waals surface area contributed by atoms with Crippen LogP contribution in [0.25, 0.3) is 0 Å². The number of hydrogen-bond acceptors (Lipinski definition) is 6. The molecule has 0 saturated carbocycles. The van der Waals surface area contributed by atoms with Crippen molar-refractivity contribution < 1.29 is 20.1 Å². The van der Waals surface area contributed by atoms with Crippen molar-refractivity contribution in [3.05, 3.63) is 108 Å². The summed E-state index contributed by atoms with van der Waals surface area (Å²) in [6.45, 7) is 3.87. The van der Waals surface area contributed by atoms with E-state index in [0.717, 1.165) is 28.2 Å². The van der Waals surface area contributed by atoms with E-state index in [1.807, 2.05) is 105 Å². The summed E-state index contributed by atoms with van der Waals surface area (Å²) < 4.78 is 6.37. The predicted octanol–water partition coefficient (Wildman–Crippen LogP) is 4.91. The molecule has 0 amide bonds. The lowest BCUT2D eigenvalue weighted by atomic mass is 9.80. The Morgan fingerprint density at radius 2 is 1.03 bits per heavy atom. The highest BCUT2D eigenvalue weighted by molar-refractivity contribution is 8.17. The summed E-state index contributed by atoms with van der Waals surface area (Å²) in [7, 11) is 0. The number of aliphatic hydroxyl groups is 3. The largest absolute Gasteiger partial charge is 0.388 e. The molecule has 0 bridgehead atoms. The third kappa shape index (κ3) is 6.25. The highest BCUT2D eigenvalue weighted by Crippen LogP contribution is 2.40. The third-order valence-electron chi connectivity index (χ3n) is 5.70. The monoisotopic (exact) mass is 498 g/mol. The zero-order chi connectivity index (χ0) is 24.4. The predicted molar refractivity (Wildman–Crippen MR) is 143 cm³/mol. The molecule has 0 spiro atoms. The molecule has 0 saturated heterocycles. The lowest BCUT2D eigenvalue weighted by Crippen LogP contribution is -2.46. The second kappa shape index (κ2) is 13.3. The van der Waals surface area contributed by atoms with Crippen LogP contribution in [-0.4, -0.2) is 56.3 Å². The Morgan fingerprint density at radius 3 is 1.38 bits per heavy atom. The smallest absolute Gasteiger partial charge is 0.143 e. The SMILES string of the molecule is CCSC(SCC)[C@H](O)[C@H](O)[C@H](O)COC(c1ccccc1)(c1ccccc1)c1ccccc1. The van der Waals surface area contributed by atoms with Crippen molar-refractivity contribution in [2.24, 2.45) is 0 Å². The normalized spacial score (nSPS) is 14.6. The van der Waals surface area contributed by atoms with Gasteiger partial charge >= 0.3 is 0 Å². The third-order valence-corrected chi connectivity index (χ3v) is 8.39. The van der Waals surface area contributed by atoms with Crippen LogP contribution in [-0.2, 0) is 10.3 Å². The molecular weight excluding hydrogens is 464 g/mol. The summed E-state index contributed by atoms with van der Waals surface area (Å²) in [6.07, 6.45) is -3.67. The van der Waals surface area contributed by atoms with Gasteiger partial charge in [0, 0.05) is 0 Å². The molecule has 0 aromatic heterocycles. The maximum Gasteiger partial charge on any atom is 0.143 e. The summed E-state index contributed by atoms with van der Waals surface area (Å²) in [6, 6.07) is 29.7. The van der Waals surface area contributed by atoms with Crippen LogP contribution in [0.15, 0.2) is 91.0 Å². The highest BCUT2D eigenvalue weighted by Gasteiger charge is 2.40. The van der Waals surface area contributed by atoms with Crippen molar-refractivity contribution in [2.75, 3.05) is 18.1 Å². The number of thioether (sulfide) groups is 2. The Hall–Kier alpha value is -1.80. The Kier molecular flexibility index (Phi) is 10.5. The molecule has 0 aliphatic rings. The van der Waals surface area contributed by atoms with Gasteiger partial charge in [-0.1, -0.05) is 105 Å². The number of hydrogen-bond donors (Lipinski definition) is 3. The Bertz CT molecular complexity index is 853. The molecule has 34 heavy (non-hydrogen) atoms. The molecule has 0 unspecified atom stereocenters. The topological polar surface area (TPSA) is 69.9 Å². The van der Waals surface area contributed by atoms with Gasteiger partial charge < -0.3 is 20.1 Å². The van der Waals surface area contributed by atoms with Crippen LogP contribution in [0, 0.1) is 0 Å². The van der Waals surface area contributed by atoms with Crippen molar-refractivity contribution in [3.63, 3.8) is 0 Å². The summed E-state index contributed by atoms with van der Waals surface area (Å²) >= 11 is 3.14. The Labute approximate surface area is 211 Å². The van der Waals surface area contributed by atoms with E-state index < -0.39 is 23.9 Å². The van der Waals surface area contributed by atoms with Gasteiger partial charge in [-0.2, -0.15) is 0 Å². The minimum atomic E-state index is -1.33. The minimum Gasteiger partial charge on any atom is -0.388 e.